The lowest BCUT2D eigenvalue weighted by molar-refractivity contribution is -0.150. The lowest BCUT2D eigenvalue weighted by Gasteiger charge is -2.13. The van der Waals surface area contributed by atoms with Gasteiger partial charge in [-0.25, -0.2) is 0 Å². The summed E-state index contributed by atoms with van der Waals surface area (Å²) < 4.78 is 5.63. The largest absolute Gasteiger partial charge is 0.457 e. The zero-order valence-electron chi connectivity index (χ0n) is 14.0. The Labute approximate surface area is 132 Å². The molecule has 2 rings (SSSR count). The van der Waals surface area contributed by atoms with Crippen molar-refractivity contribution in [1.82, 2.24) is 0 Å². The van der Waals surface area contributed by atoms with Crippen molar-refractivity contribution in [2.24, 2.45) is 17.3 Å². The topological polar surface area (TPSA) is 43.4 Å². The van der Waals surface area contributed by atoms with E-state index in [0.717, 1.165) is 5.57 Å². The molecule has 0 bridgehead atoms. The SMILES string of the molecule is C#CCC1=C(C)C(OC(=O)[C@H]2[C@H](C=C(C)C)C2(C)C)CC1=O. The van der Waals surface area contributed by atoms with Crippen LogP contribution in [0.25, 0.3) is 0 Å². The summed E-state index contributed by atoms with van der Waals surface area (Å²) in [4.78, 5) is 24.4. The summed E-state index contributed by atoms with van der Waals surface area (Å²) in [6.45, 7) is 10.1. The third-order valence-corrected chi connectivity index (χ3v) is 4.88. The van der Waals surface area contributed by atoms with Gasteiger partial charge in [-0.2, -0.15) is 0 Å². The van der Waals surface area contributed by atoms with Crippen molar-refractivity contribution in [3.8, 4) is 12.3 Å². The van der Waals surface area contributed by atoms with Crippen molar-refractivity contribution >= 4 is 11.8 Å². The molecule has 1 unspecified atom stereocenters. The Hall–Kier alpha value is -1.82. The van der Waals surface area contributed by atoms with Gasteiger partial charge in [0, 0.05) is 12.0 Å². The molecule has 3 atom stereocenters. The van der Waals surface area contributed by atoms with Crippen LogP contribution >= 0.6 is 0 Å². The summed E-state index contributed by atoms with van der Waals surface area (Å²) in [5.41, 5.74) is 2.58. The van der Waals surface area contributed by atoms with Gasteiger partial charge in [-0.1, -0.05) is 25.5 Å². The third kappa shape index (κ3) is 2.88. The van der Waals surface area contributed by atoms with Gasteiger partial charge in [-0.3, -0.25) is 9.59 Å². The van der Waals surface area contributed by atoms with Crippen molar-refractivity contribution in [1.29, 1.82) is 0 Å². The van der Waals surface area contributed by atoms with Gasteiger partial charge in [0.1, 0.15) is 6.10 Å². The van der Waals surface area contributed by atoms with E-state index in [-0.39, 0.29) is 35.4 Å². The molecule has 118 valence electrons. The normalized spacial score (nSPS) is 29.1. The minimum Gasteiger partial charge on any atom is -0.457 e. The molecule has 0 saturated heterocycles. The number of esters is 1. The van der Waals surface area contributed by atoms with E-state index in [1.165, 1.54) is 5.57 Å². The Morgan fingerprint density at radius 3 is 2.64 bits per heavy atom. The molecular formula is C19H24O3. The maximum Gasteiger partial charge on any atom is 0.310 e. The van der Waals surface area contributed by atoms with Crippen LogP contribution in [0.1, 0.15) is 47.5 Å². The molecule has 0 aliphatic heterocycles. The fraction of sp³-hybridized carbons (Fsp3) is 0.579. The summed E-state index contributed by atoms with van der Waals surface area (Å²) in [5, 5.41) is 0. The van der Waals surface area contributed by atoms with E-state index >= 15 is 0 Å². The number of ketones is 1. The second-order valence-electron chi connectivity index (χ2n) is 7.16. The minimum atomic E-state index is -0.438. The van der Waals surface area contributed by atoms with Crippen LogP contribution in [0.4, 0.5) is 0 Å². The van der Waals surface area contributed by atoms with E-state index in [2.05, 4.69) is 25.8 Å². The van der Waals surface area contributed by atoms with Crippen molar-refractivity contribution in [2.45, 2.75) is 53.6 Å². The molecule has 0 aromatic rings. The number of rotatable bonds is 4. The van der Waals surface area contributed by atoms with E-state index in [4.69, 9.17) is 11.2 Å². The van der Waals surface area contributed by atoms with Crippen molar-refractivity contribution in [3.63, 3.8) is 0 Å². The number of carbonyl (C=O) groups excluding carboxylic acids is 2. The monoisotopic (exact) mass is 300 g/mol. The number of allylic oxidation sites excluding steroid dienone is 3. The quantitative estimate of drug-likeness (QED) is 0.454. The highest BCUT2D eigenvalue weighted by Crippen LogP contribution is 2.60. The van der Waals surface area contributed by atoms with Crippen LogP contribution in [0.2, 0.25) is 0 Å². The zero-order chi connectivity index (χ0) is 16.7. The Bertz CT molecular complexity index is 609. The van der Waals surface area contributed by atoms with Gasteiger partial charge in [-0.05, 0) is 37.7 Å². The number of Topliss-reactive ketones (excluding diaryl/α,β-unsaturated/α-hetero) is 1. The van der Waals surface area contributed by atoms with E-state index < -0.39 is 6.10 Å². The highest BCUT2D eigenvalue weighted by molar-refractivity contribution is 6.00. The standard InChI is InChI=1S/C19H24O3/c1-7-8-13-12(4)16(10-15(13)20)22-18(21)17-14(9-11(2)3)19(17,5)6/h1,9,14,16-17H,8,10H2,2-6H3/t14-,16?,17+/m0/s1. The number of hydrogen-bond donors (Lipinski definition) is 0. The van der Waals surface area contributed by atoms with Crippen LogP contribution in [-0.2, 0) is 14.3 Å². The predicted molar refractivity (Wildman–Crippen MR) is 85.8 cm³/mol. The predicted octanol–water partition coefficient (Wildman–Crippen LogP) is 3.45. The molecule has 2 aliphatic carbocycles. The molecule has 1 saturated carbocycles. The van der Waals surface area contributed by atoms with Gasteiger partial charge < -0.3 is 4.74 Å². The van der Waals surface area contributed by atoms with Gasteiger partial charge >= 0.3 is 5.97 Å². The molecule has 0 amide bonds. The van der Waals surface area contributed by atoms with Crippen LogP contribution in [0, 0.1) is 29.6 Å². The van der Waals surface area contributed by atoms with Crippen LogP contribution in [-0.4, -0.2) is 17.9 Å². The minimum absolute atomic E-state index is 0.00385. The molecule has 1 fully saturated rings. The Kier molecular flexibility index (Phi) is 4.33. The maximum atomic E-state index is 12.5. The van der Waals surface area contributed by atoms with Gasteiger partial charge in [0.15, 0.2) is 5.78 Å². The van der Waals surface area contributed by atoms with E-state index in [1.807, 2.05) is 20.8 Å². The van der Waals surface area contributed by atoms with Gasteiger partial charge in [0.05, 0.1) is 12.3 Å². The highest BCUT2D eigenvalue weighted by Gasteiger charge is 2.61. The van der Waals surface area contributed by atoms with Crippen molar-refractivity contribution in [3.05, 3.63) is 22.8 Å². The highest BCUT2D eigenvalue weighted by atomic mass is 16.5. The summed E-state index contributed by atoms with van der Waals surface area (Å²) in [6.07, 6.45) is 7.53. The first-order valence-electron chi connectivity index (χ1n) is 7.72. The summed E-state index contributed by atoms with van der Waals surface area (Å²) in [6, 6.07) is 0. The molecular weight excluding hydrogens is 276 g/mol. The summed E-state index contributed by atoms with van der Waals surface area (Å²) >= 11 is 0. The van der Waals surface area contributed by atoms with Crippen LogP contribution in [0.5, 0.6) is 0 Å². The van der Waals surface area contributed by atoms with Crippen LogP contribution < -0.4 is 0 Å². The molecule has 3 nitrogen and oxygen atoms in total. The first-order chi connectivity index (χ1) is 10.2. The Morgan fingerprint density at radius 1 is 1.45 bits per heavy atom. The summed E-state index contributed by atoms with van der Waals surface area (Å²) in [7, 11) is 0. The Morgan fingerprint density at radius 2 is 2.09 bits per heavy atom. The molecule has 22 heavy (non-hydrogen) atoms. The molecule has 0 radical (unpaired) electrons. The molecule has 0 heterocycles. The lowest BCUT2D eigenvalue weighted by Crippen LogP contribution is -2.20. The lowest BCUT2D eigenvalue weighted by atomic mass is 10.1. The van der Waals surface area contributed by atoms with Gasteiger partial charge in [-0.15, -0.1) is 12.3 Å². The van der Waals surface area contributed by atoms with E-state index in [1.54, 1.807) is 0 Å². The van der Waals surface area contributed by atoms with Crippen LogP contribution in [0.3, 0.4) is 0 Å². The van der Waals surface area contributed by atoms with Gasteiger partial charge in [0.2, 0.25) is 0 Å². The molecule has 0 aromatic carbocycles. The number of terminal acetylenes is 1. The molecule has 2 aliphatic rings. The molecule has 0 aromatic heterocycles. The number of carbonyl (C=O) groups is 2. The fourth-order valence-corrected chi connectivity index (χ4v) is 3.34. The Balaban J connectivity index is 2.07. The first-order valence-corrected chi connectivity index (χ1v) is 7.72. The van der Waals surface area contributed by atoms with Crippen molar-refractivity contribution in [2.75, 3.05) is 0 Å². The van der Waals surface area contributed by atoms with E-state index in [9.17, 15) is 9.59 Å². The van der Waals surface area contributed by atoms with Crippen molar-refractivity contribution < 1.29 is 14.3 Å². The molecule has 0 spiro atoms. The number of hydrogen-bond acceptors (Lipinski definition) is 3. The summed E-state index contributed by atoms with van der Waals surface area (Å²) in [5.74, 6) is 2.39. The second-order valence-corrected chi connectivity index (χ2v) is 7.16. The fourth-order valence-electron chi connectivity index (χ4n) is 3.34. The first kappa shape index (κ1) is 16.5. The molecule has 3 heteroatoms. The van der Waals surface area contributed by atoms with Gasteiger partial charge in [0.25, 0.3) is 0 Å². The van der Waals surface area contributed by atoms with Crippen LogP contribution in [0.15, 0.2) is 22.8 Å². The average molecular weight is 300 g/mol. The smallest absolute Gasteiger partial charge is 0.310 e. The maximum absolute atomic E-state index is 12.5. The zero-order valence-corrected chi connectivity index (χ0v) is 14.0. The molecule has 0 N–H and O–H groups in total. The third-order valence-electron chi connectivity index (χ3n) is 4.88. The second kappa shape index (κ2) is 5.76. The average Bonchev–Trinajstić information content (AvgIpc) is 2.83. The number of ether oxygens (including phenoxy) is 1. The van der Waals surface area contributed by atoms with E-state index in [0.29, 0.717) is 12.0 Å².